The third-order valence-corrected chi connectivity index (χ3v) is 7.30. The number of nitrogens with zero attached hydrogens (tertiary/aromatic N) is 2. The molecule has 0 aliphatic carbocycles. The zero-order chi connectivity index (χ0) is 18.4. The third kappa shape index (κ3) is 3.10. The molecule has 0 aromatic carbocycles. The van der Waals surface area contributed by atoms with Gasteiger partial charge in [-0.3, -0.25) is 14.7 Å². The van der Waals surface area contributed by atoms with Crippen molar-refractivity contribution in [3.8, 4) is 0 Å². The lowest BCUT2D eigenvalue weighted by Crippen LogP contribution is -2.41. The van der Waals surface area contributed by atoms with Crippen molar-refractivity contribution in [2.75, 3.05) is 19.6 Å². The van der Waals surface area contributed by atoms with E-state index in [-0.39, 0.29) is 11.5 Å². The van der Waals surface area contributed by atoms with Crippen LogP contribution in [-0.2, 0) is 11.3 Å². The van der Waals surface area contributed by atoms with Crippen LogP contribution in [0.5, 0.6) is 0 Å². The second-order valence-electron chi connectivity index (χ2n) is 8.16. The highest BCUT2D eigenvalue weighted by Crippen LogP contribution is 2.54. The van der Waals surface area contributed by atoms with Gasteiger partial charge in [-0.1, -0.05) is 12.1 Å². The zero-order valence-corrected chi connectivity index (χ0v) is 16.4. The highest BCUT2D eigenvalue weighted by atomic mass is 32.1. The van der Waals surface area contributed by atoms with E-state index < -0.39 is 0 Å². The van der Waals surface area contributed by atoms with Crippen LogP contribution in [0.1, 0.15) is 33.9 Å². The number of aryl methyl sites for hydroxylation is 1. The molecule has 4 atom stereocenters. The van der Waals surface area contributed by atoms with Gasteiger partial charge in [-0.25, -0.2) is 0 Å². The van der Waals surface area contributed by atoms with E-state index in [4.69, 9.17) is 4.74 Å². The Morgan fingerprint density at radius 1 is 1.41 bits per heavy atom. The molecule has 0 unspecified atom stereocenters. The fraction of sp³-hybridized carbons (Fsp3) is 0.524. The molecule has 6 heteroatoms. The smallest absolute Gasteiger partial charge is 0.261 e. The second kappa shape index (κ2) is 6.69. The molecule has 5 rings (SSSR count). The van der Waals surface area contributed by atoms with Crippen LogP contribution in [0.4, 0.5) is 0 Å². The minimum atomic E-state index is -0.00713. The number of likely N-dealkylation sites (tertiary alicyclic amines) is 1. The first-order valence-electron chi connectivity index (χ1n) is 9.77. The fourth-order valence-corrected chi connectivity index (χ4v) is 5.94. The van der Waals surface area contributed by atoms with Gasteiger partial charge in [0.25, 0.3) is 5.91 Å². The Labute approximate surface area is 163 Å². The molecular formula is C21H25N3O2S. The van der Waals surface area contributed by atoms with Gasteiger partial charge in [0.1, 0.15) is 0 Å². The van der Waals surface area contributed by atoms with Gasteiger partial charge in [-0.05, 0) is 43.3 Å². The summed E-state index contributed by atoms with van der Waals surface area (Å²) < 4.78 is 6.50. The fourth-order valence-electron chi connectivity index (χ4n) is 5.30. The summed E-state index contributed by atoms with van der Waals surface area (Å²) in [5.74, 6) is 0.962. The van der Waals surface area contributed by atoms with E-state index in [0.29, 0.717) is 24.5 Å². The SMILES string of the molecule is Cc1cccc(CN2C[C@@H]3[C@H](CNC(=O)c4cccs4)[C@H]4CC[C@]3(C2)O4)n1. The minimum Gasteiger partial charge on any atom is -0.370 e. The number of hydrogen-bond acceptors (Lipinski definition) is 5. The Hall–Kier alpha value is -1.76. The average Bonchev–Trinajstić information content (AvgIpc) is 3.40. The maximum absolute atomic E-state index is 12.3. The van der Waals surface area contributed by atoms with E-state index >= 15 is 0 Å². The molecule has 0 saturated carbocycles. The molecule has 1 amide bonds. The Kier molecular flexibility index (Phi) is 4.30. The third-order valence-electron chi connectivity index (χ3n) is 6.43. The van der Waals surface area contributed by atoms with Gasteiger partial charge in [0, 0.05) is 43.7 Å². The molecule has 0 radical (unpaired) electrons. The van der Waals surface area contributed by atoms with Crippen LogP contribution in [0.15, 0.2) is 35.7 Å². The van der Waals surface area contributed by atoms with Crippen molar-refractivity contribution >= 4 is 17.2 Å². The molecule has 3 aliphatic rings. The van der Waals surface area contributed by atoms with Gasteiger partial charge in [-0.15, -0.1) is 11.3 Å². The van der Waals surface area contributed by atoms with Crippen LogP contribution in [0.25, 0.3) is 0 Å². The second-order valence-corrected chi connectivity index (χ2v) is 9.11. The van der Waals surface area contributed by atoms with Gasteiger partial charge in [0.15, 0.2) is 0 Å². The Bertz CT molecular complexity index is 840. The Balaban J connectivity index is 1.26. The Morgan fingerprint density at radius 2 is 2.33 bits per heavy atom. The summed E-state index contributed by atoms with van der Waals surface area (Å²) in [6.07, 6.45) is 2.57. The number of carbonyl (C=O) groups excluding carboxylic acids is 1. The summed E-state index contributed by atoms with van der Waals surface area (Å²) in [5.41, 5.74) is 2.19. The van der Waals surface area contributed by atoms with E-state index in [1.54, 1.807) is 0 Å². The summed E-state index contributed by atoms with van der Waals surface area (Å²) in [6.45, 7) is 5.65. The standard InChI is InChI=1S/C21H25N3O2S/c1-14-4-2-5-15(23-14)11-24-12-17-16(18-7-8-21(17,13-24)26-18)10-22-20(25)19-6-3-9-27-19/h2-6,9,16-18H,7-8,10-13H2,1H3,(H,22,25)/t16-,17+,18+,21+/m0/s1. The number of nitrogens with one attached hydrogen (secondary N) is 1. The summed E-state index contributed by atoms with van der Waals surface area (Å²) in [6, 6.07) is 10.0. The molecule has 1 N–H and O–H groups in total. The maximum Gasteiger partial charge on any atom is 0.261 e. The first-order valence-corrected chi connectivity index (χ1v) is 10.7. The van der Waals surface area contributed by atoms with Crippen LogP contribution in [-0.4, -0.2) is 47.1 Å². The van der Waals surface area contributed by atoms with Gasteiger partial charge < -0.3 is 10.1 Å². The summed E-state index contributed by atoms with van der Waals surface area (Å²) in [7, 11) is 0. The van der Waals surface area contributed by atoms with Crippen molar-refractivity contribution in [2.24, 2.45) is 11.8 Å². The summed E-state index contributed by atoms with van der Waals surface area (Å²) >= 11 is 1.49. The number of fused-ring (bicyclic) bond motifs is 1. The van der Waals surface area contributed by atoms with Crippen LogP contribution in [0, 0.1) is 18.8 Å². The molecule has 27 heavy (non-hydrogen) atoms. The molecule has 3 saturated heterocycles. The number of ether oxygens (including phenoxy) is 1. The van der Waals surface area contributed by atoms with E-state index in [9.17, 15) is 4.79 Å². The van der Waals surface area contributed by atoms with Gasteiger partial charge >= 0.3 is 0 Å². The predicted octanol–water partition coefficient (Wildman–Crippen LogP) is 2.86. The highest BCUT2D eigenvalue weighted by molar-refractivity contribution is 7.12. The molecule has 5 nitrogen and oxygen atoms in total. The van der Waals surface area contributed by atoms with Crippen LogP contribution in [0.3, 0.4) is 0 Å². The summed E-state index contributed by atoms with van der Waals surface area (Å²) in [5, 5.41) is 5.10. The van der Waals surface area contributed by atoms with Crippen molar-refractivity contribution in [1.29, 1.82) is 0 Å². The van der Waals surface area contributed by atoms with Crippen molar-refractivity contribution in [3.05, 3.63) is 52.0 Å². The molecule has 2 bridgehead atoms. The van der Waals surface area contributed by atoms with Crippen molar-refractivity contribution < 1.29 is 9.53 Å². The number of hydrogen-bond donors (Lipinski definition) is 1. The quantitative estimate of drug-likeness (QED) is 0.863. The Morgan fingerprint density at radius 3 is 3.15 bits per heavy atom. The van der Waals surface area contributed by atoms with Crippen molar-refractivity contribution in [2.45, 2.75) is 38.0 Å². The maximum atomic E-state index is 12.3. The number of carbonyl (C=O) groups is 1. The van der Waals surface area contributed by atoms with Gasteiger partial charge in [0.2, 0.25) is 0 Å². The predicted molar refractivity (Wildman–Crippen MR) is 105 cm³/mol. The first-order chi connectivity index (χ1) is 13.1. The lowest BCUT2D eigenvalue weighted by atomic mass is 9.73. The van der Waals surface area contributed by atoms with Crippen molar-refractivity contribution in [3.63, 3.8) is 0 Å². The van der Waals surface area contributed by atoms with Gasteiger partial charge in [-0.2, -0.15) is 0 Å². The molecule has 3 aliphatic heterocycles. The van der Waals surface area contributed by atoms with Crippen molar-refractivity contribution in [1.82, 2.24) is 15.2 Å². The number of rotatable bonds is 5. The first kappa shape index (κ1) is 17.3. The topological polar surface area (TPSA) is 54.5 Å². The van der Waals surface area contributed by atoms with E-state index in [1.165, 1.54) is 11.3 Å². The van der Waals surface area contributed by atoms with E-state index in [0.717, 1.165) is 48.7 Å². The molecule has 142 valence electrons. The zero-order valence-electron chi connectivity index (χ0n) is 15.6. The lowest BCUT2D eigenvalue weighted by Gasteiger charge is -2.29. The number of pyridine rings is 1. The molecule has 3 fully saturated rings. The van der Waals surface area contributed by atoms with Crippen LogP contribution in [0.2, 0.25) is 0 Å². The summed E-state index contributed by atoms with van der Waals surface area (Å²) in [4.78, 5) is 20.3. The average molecular weight is 384 g/mol. The number of amides is 1. The van der Waals surface area contributed by atoms with E-state index in [1.807, 2.05) is 30.5 Å². The molecule has 2 aromatic rings. The van der Waals surface area contributed by atoms with E-state index in [2.05, 4.69) is 27.3 Å². The minimum absolute atomic E-state index is 0.00713. The lowest BCUT2D eigenvalue weighted by molar-refractivity contribution is 0.00204. The largest absolute Gasteiger partial charge is 0.370 e. The normalized spacial score (nSPS) is 32.0. The number of aromatic nitrogens is 1. The molecule has 1 spiro atoms. The monoisotopic (exact) mass is 383 g/mol. The number of thiophene rings is 1. The van der Waals surface area contributed by atoms with Crippen LogP contribution >= 0.6 is 11.3 Å². The molecule has 2 aromatic heterocycles. The highest BCUT2D eigenvalue weighted by Gasteiger charge is 2.62. The van der Waals surface area contributed by atoms with Gasteiger partial charge in [0.05, 0.1) is 22.3 Å². The van der Waals surface area contributed by atoms with Crippen LogP contribution < -0.4 is 5.32 Å². The molecule has 5 heterocycles. The molecular weight excluding hydrogens is 358 g/mol.